The Morgan fingerprint density at radius 2 is 2.00 bits per heavy atom. The highest BCUT2D eigenvalue weighted by molar-refractivity contribution is 5.14. The van der Waals surface area contributed by atoms with Gasteiger partial charge >= 0.3 is 0 Å². The van der Waals surface area contributed by atoms with E-state index in [1.807, 2.05) is 11.7 Å². The molecule has 0 radical (unpaired) electrons. The summed E-state index contributed by atoms with van der Waals surface area (Å²) in [7, 11) is 2.04. The number of nitrogens with zero attached hydrogens (tertiary/aromatic N) is 2. The van der Waals surface area contributed by atoms with Crippen LogP contribution in [0.1, 0.15) is 55.8 Å². The van der Waals surface area contributed by atoms with Crippen molar-refractivity contribution in [1.29, 1.82) is 0 Å². The minimum atomic E-state index is 0.556. The van der Waals surface area contributed by atoms with Crippen molar-refractivity contribution in [2.75, 3.05) is 0 Å². The van der Waals surface area contributed by atoms with Crippen molar-refractivity contribution in [1.82, 2.24) is 9.78 Å². The Kier molecular flexibility index (Phi) is 3.41. The number of hydrogen-bond acceptors (Lipinski definition) is 2. The summed E-state index contributed by atoms with van der Waals surface area (Å²) in [6, 6.07) is 2.19. The number of hydrogen-bond donors (Lipinski definition) is 1. The van der Waals surface area contributed by atoms with Gasteiger partial charge in [0.05, 0.1) is 5.69 Å². The lowest BCUT2D eigenvalue weighted by Crippen LogP contribution is -2.05. The molecule has 0 bridgehead atoms. The summed E-state index contributed by atoms with van der Waals surface area (Å²) >= 11 is 0. The SMILES string of the molecule is Cn1nc(CN)cc1C1CCCCCC1. The molecular weight excluding hydrogens is 186 g/mol. The average molecular weight is 207 g/mol. The van der Waals surface area contributed by atoms with Gasteiger partial charge in [-0.2, -0.15) is 5.10 Å². The van der Waals surface area contributed by atoms with Crippen molar-refractivity contribution < 1.29 is 0 Å². The molecule has 1 fully saturated rings. The van der Waals surface area contributed by atoms with E-state index in [0.29, 0.717) is 12.5 Å². The van der Waals surface area contributed by atoms with Crippen molar-refractivity contribution >= 4 is 0 Å². The summed E-state index contributed by atoms with van der Waals surface area (Å²) < 4.78 is 2.03. The molecule has 1 aliphatic carbocycles. The summed E-state index contributed by atoms with van der Waals surface area (Å²) in [5, 5.41) is 4.43. The molecule has 3 heteroatoms. The highest BCUT2D eigenvalue weighted by atomic mass is 15.3. The van der Waals surface area contributed by atoms with E-state index in [-0.39, 0.29) is 0 Å². The van der Waals surface area contributed by atoms with Crippen molar-refractivity contribution in [3.8, 4) is 0 Å². The molecule has 84 valence electrons. The molecule has 2 rings (SSSR count). The molecule has 0 unspecified atom stereocenters. The molecule has 0 amide bonds. The van der Waals surface area contributed by atoms with Crippen LogP contribution in [0.25, 0.3) is 0 Å². The second-order valence-electron chi connectivity index (χ2n) is 4.58. The van der Waals surface area contributed by atoms with E-state index in [0.717, 1.165) is 5.69 Å². The maximum absolute atomic E-state index is 5.62. The molecule has 1 aliphatic rings. The van der Waals surface area contributed by atoms with Crippen LogP contribution in [0.5, 0.6) is 0 Å². The minimum absolute atomic E-state index is 0.556. The maximum atomic E-state index is 5.62. The van der Waals surface area contributed by atoms with Crippen LogP contribution in [0, 0.1) is 0 Å². The second kappa shape index (κ2) is 4.79. The first-order valence-corrected chi connectivity index (χ1v) is 6.04. The molecule has 3 nitrogen and oxygen atoms in total. The molecule has 1 aromatic rings. The van der Waals surface area contributed by atoms with Gasteiger partial charge in [0.25, 0.3) is 0 Å². The van der Waals surface area contributed by atoms with Crippen LogP contribution in [0.4, 0.5) is 0 Å². The molecule has 0 spiro atoms. The van der Waals surface area contributed by atoms with E-state index in [1.165, 1.54) is 44.2 Å². The first-order chi connectivity index (χ1) is 7.31. The number of aryl methyl sites for hydroxylation is 1. The molecule has 1 saturated carbocycles. The fraction of sp³-hybridized carbons (Fsp3) is 0.750. The Balaban J connectivity index is 2.15. The third kappa shape index (κ3) is 2.40. The van der Waals surface area contributed by atoms with Crippen LogP contribution < -0.4 is 5.73 Å². The summed E-state index contributed by atoms with van der Waals surface area (Å²) in [6.45, 7) is 0.556. The zero-order valence-electron chi connectivity index (χ0n) is 9.58. The van der Waals surface area contributed by atoms with E-state index < -0.39 is 0 Å². The Bertz CT molecular complexity index is 309. The topological polar surface area (TPSA) is 43.8 Å². The summed E-state index contributed by atoms with van der Waals surface area (Å²) in [6.07, 6.45) is 8.19. The Morgan fingerprint density at radius 3 is 2.53 bits per heavy atom. The summed E-state index contributed by atoms with van der Waals surface area (Å²) in [5.74, 6) is 0.713. The molecular formula is C12H21N3. The molecule has 1 heterocycles. The van der Waals surface area contributed by atoms with Crippen LogP contribution in [-0.4, -0.2) is 9.78 Å². The first-order valence-electron chi connectivity index (χ1n) is 6.04. The van der Waals surface area contributed by atoms with Crippen molar-refractivity contribution in [3.05, 3.63) is 17.5 Å². The van der Waals surface area contributed by atoms with Gasteiger partial charge in [0.2, 0.25) is 0 Å². The zero-order chi connectivity index (χ0) is 10.7. The molecule has 0 atom stereocenters. The summed E-state index contributed by atoms with van der Waals surface area (Å²) in [5.41, 5.74) is 8.03. The van der Waals surface area contributed by atoms with Gasteiger partial charge in [0.15, 0.2) is 0 Å². The smallest absolute Gasteiger partial charge is 0.0763 e. The molecule has 2 N–H and O–H groups in total. The van der Waals surface area contributed by atoms with Crippen LogP contribution in [-0.2, 0) is 13.6 Å². The fourth-order valence-corrected chi connectivity index (χ4v) is 2.60. The third-order valence-corrected chi connectivity index (χ3v) is 3.45. The lowest BCUT2D eigenvalue weighted by Gasteiger charge is -2.13. The Morgan fingerprint density at radius 1 is 1.33 bits per heavy atom. The van der Waals surface area contributed by atoms with E-state index in [1.54, 1.807) is 0 Å². The molecule has 1 aromatic heterocycles. The highest BCUT2D eigenvalue weighted by Crippen LogP contribution is 2.31. The Hall–Kier alpha value is -0.830. The van der Waals surface area contributed by atoms with Crippen LogP contribution in [0.2, 0.25) is 0 Å². The van der Waals surface area contributed by atoms with Crippen LogP contribution in [0.15, 0.2) is 6.07 Å². The van der Waals surface area contributed by atoms with Gasteiger partial charge in [-0.3, -0.25) is 4.68 Å². The van der Waals surface area contributed by atoms with Crippen molar-refractivity contribution in [3.63, 3.8) is 0 Å². The van der Waals surface area contributed by atoms with Crippen LogP contribution in [0.3, 0.4) is 0 Å². The average Bonchev–Trinajstić information content (AvgIpc) is 2.48. The van der Waals surface area contributed by atoms with Gasteiger partial charge in [-0.05, 0) is 18.9 Å². The standard InChI is InChI=1S/C12H21N3/c1-15-12(8-11(9-13)14-15)10-6-4-2-3-5-7-10/h8,10H,2-7,9,13H2,1H3. The molecule has 0 aromatic carbocycles. The fourth-order valence-electron chi connectivity index (χ4n) is 2.60. The van der Waals surface area contributed by atoms with Crippen molar-refractivity contribution in [2.24, 2.45) is 12.8 Å². The van der Waals surface area contributed by atoms with E-state index in [4.69, 9.17) is 5.73 Å². The quantitative estimate of drug-likeness (QED) is 0.756. The predicted molar refractivity (Wildman–Crippen MR) is 61.5 cm³/mol. The lowest BCUT2D eigenvalue weighted by atomic mass is 9.96. The number of rotatable bonds is 2. The van der Waals surface area contributed by atoms with E-state index in [9.17, 15) is 0 Å². The van der Waals surface area contributed by atoms with Crippen molar-refractivity contribution in [2.45, 2.75) is 51.0 Å². The minimum Gasteiger partial charge on any atom is -0.325 e. The lowest BCUT2D eigenvalue weighted by molar-refractivity contribution is 0.540. The molecule has 15 heavy (non-hydrogen) atoms. The third-order valence-electron chi connectivity index (χ3n) is 3.45. The van der Waals surface area contributed by atoms with Gasteiger partial charge in [-0.25, -0.2) is 0 Å². The highest BCUT2D eigenvalue weighted by Gasteiger charge is 2.18. The van der Waals surface area contributed by atoms with Gasteiger partial charge in [0, 0.05) is 25.2 Å². The number of aromatic nitrogens is 2. The van der Waals surface area contributed by atoms with E-state index in [2.05, 4.69) is 11.2 Å². The second-order valence-corrected chi connectivity index (χ2v) is 4.58. The monoisotopic (exact) mass is 207 g/mol. The first kappa shape index (κ1) is 10.7. The van der Waals surface area contributed by atoms with E-state index >= 15 is 0 Å². The van der Waals surface area contributed by atoms with Gasteiger partial charge < -0.3 is 5.73 Å². The number of nitrogens with two attached hydrogens (primary N) is 1. The molecule has 0 aliphatic heterocycles. The van der Waals surface area contributed by atoms with Gasteiger partial charge in [-0.15, -0.1) is 0 Å². The predicted octanol–water partition coefficient (Wildman–Crippen LogP) is 2.32. The largest absolute Gasteiger partial charge is 0.325 e. The van der Waals surface area contributed by atoms with Gasteiger partial charge in [0.1, 0.15) is 0 Å². The Labute approximate surface area is 91.7 Å². The normalized spacial score (nSPS) is 19.1. The zero-order valence-corrected chi connectivity index (χ0v) is 9.58. The molecule has 0 saturated heterocycles. The van der Waals surface area contributed by atoms with Crippen LogP contribution >= 0.6 is 0 Å². The maximum Gasteiger partial charge on any atom is 0.0763 e. The van der Waals surface area contributed by atoms with Gasteiger partial charge in [-0.1, -0.05) is 25.7 Å². The summed E-state index contributed by atoms with van der Waals surface area (Å²) in [4.78, 5) is 0.